The number of benzene rings is 1. The number of hydrogen-bond donors (Lipinski definition) is 1. The molecule has 2 rings (SSSR count). The Morgan fingerprint density at radius 3 is 2.83 bits per heavy atom. The summed E-state index contributed by atoms with van der Waals surface area (Å²) >= 11 is 0. The maximum atomic E-state index is 12.0. The molecule has 18 heavy (non-hydrogen) atoms. The van der Waals surface area contributed by atoms with E-state index in [4.69, 9.17) is 9.15 Å². The number of ketones is 1. The van der Waals surface area contributed by atoms with E-state index in [-0.39, 0.29) is 17.1 Å². The Balaban J connectivity index is 2.29. The number of ether oxygens (including phenoxy) is 1. The summed E-state index contributed by atoms with van der Waals surface area (Å²) in [6, 6.07) is 8.13. The second-order valence-electron chi connectivity index (χ2n) is 3.57. The van der Waals surface area contributed by atoms with Gasteiger partial charge < -0.3 is 14.3 Å². The third kappa shape index (κ3) is 2.43. The summed E-state index contributed by atoms with van der Waals surface area (Å²) in [5, 5.41) is 9.69. The molecule has 0 saturated heterocycles. The van der Waals surface area contributed by atoms with Crippen molar-refractivity contribution in [2.24, 2.45) is 0 Å². The lowest BCUT2D eigenvalue weighted by molar-refractivity contribution is 0.104. The van der Waals surface area contributed by atoms with E-state index in [1.165, 1.54) is 31.6 Å². The lowest BCUT2D eigenvalue weighted by Crippen LogP contribution is -1.99. The zero-order chi connectivity index (χ0) is 13.0. The van der Waals surface area contributed by atoms with Crippen molar-refractivity contribution >= 4 is 11.9 Å². The maximum absolute atomic E-state index is 12.0. The van der Waals surface area contributed by atoms with Crippen LogP contribution in [0.25, 0.3) is 6.08 Å². The van der Waals surface area contributed by atoms with Gasteiger partial charge in [-0.3, -0.25) is 4.79 Å². The van der Waals surface area contributed by atoms with E-state index in [0.29, 0.717) is 11.5 Å². The summed E-state index contributed by atoms with van der Waals surface area (Å²) in [5.41, 5.74) is 0.141. The highest BCUT2D eigenvalue weighted by Crippen LogP contribution is 2.28. The summed E-state index contributed by atoms with van der Waals surface area (Å²) in [6.07, 6.45) is 4.38. The Bertz CT molecular complexity index is 567. The lowest BCUT2D eigenvalue weighted by atomic mass is 10.1. The molecule has 0 spiro atoms. The number of carbonyl (C=O) groups is 1. The third-order valence-corrected chi connectivity index (χ3v) is 2.41. The first-order valence-electron chi connectivity index (χ1n) is 5.34. The molecule has 0 unspecified atom stereocenters. The van der Waals surface area contributed by atoms with Gasteiger partial charge in [-0.1, -0.05) is 6.07 Å². The molecule has 1 aromatic heterocycles. The Kier molecular flexibility index (Phi) is 3.48. The van der Waals surface area contributed by atoms with Gasteiger partial charge in [0.15, 0.2) is 5.78 Å². The minimum atomic E-state index is -0.346. The van der Waals surface area contributed by atoms with Crippen molar-refractivity contribution < 1.29 is 19.1 Å². The first kappa shape index (κ1) is 12.0. The summed E-state index contributed by atoms with van der Waals surface area (Å²) in [7, 11) is 1.45. The van der Waals surface area contributed by atoms with Crippen LogP contribution in [0.5, 0.6) is 11.5 Å². The minimum Gasteiger partial charge on any atom is -0.507 e. The normalized spacial score (nSPS) is 10.7. The van der Waals surface area contributed by atoms with Gasteiger partial charge in [0.1, 0.15) is 22.8 Å². The molecule has 0 aliphatic rings. The molecule has 0 bridgehead atoms. The van der Waals surface area contributed by atoms with Crippen molar-refractivity contribution in [2.45, 2.75) is 0 Å². The molecule has 0 fully saturated rings. The number of phenolic OH excluding ortho intramolecular Hbond substituents is 1. The van der Waals surface area contributed by atoms with Gasteiger partial charge in [0, 0.05) is 0 Å². The summed E-state index contributed by atoms with van der Waals surface area (Å²) in [5.74, 6) is 0.451. The topological polar surface area (TPSA) is 59.7 Å². The molecule has 0 atom stereocenters. The number of methoxy groups -OCH3 is 1. The average molecular weight is 244 g/mol. The van der Waals surface area contributed by atoms with E-state index in [1.54, 1.807) is 24.3 Å². The Labute approximate surface area is 104 Å². The molecule has 0 aliphatic carbocycles. The van der Waals surface area contributed by atoms with Crippen LogP contribution in [-0.2, 0) is 0 Å². The van der Waals surface area contributed by atoms with Crippen LogP contribution in [-0.4, -0.2) is 18.0 Å². The fourth-order valence-corrected chi connectivity index (χ4v) is 1.56. The van der Waals surface area contributed by atoms with E-state index in [0.717, 1.165) is 0 Å². The second-order valence-corrected chi connectivity index (χ2v) is 3.57. The van der Waals surface area contributed by atoms with Crippen molar-refractivity contribution in [2.75, 3.05) is 7.11 Å². The number of hydrogen-bond acceptors (Lipinski definition) is 4. The van der Waals surface area contributed by atoms with E-state index in [1.807, 2.05) is 0 Å². The SMILES string of the molecule is COc1cccc(O)c1C(=O)/C=C/c1ccco1. The molecule has 2 aromatic rings. The molecular formula is C14H12O4. The highest BCUT2D eigenvalue weighted by atomic mass is 16.5. The largest absolute Gasteiger partial charge is 0.507 e. The molecule has 1 heterocycles. The lowest BCUT2D eigenvalue weighted by Gasteiger charge is -2.06. The van der Waals surface area contributed by atoms with Crippen LogP contribution in [0.15, 0.2) is 47.1 Å². The summed E-state index contributed by atoms with van der Waals surface area (Å²) in [6.45, 7) is 0. The fraction of sp³-hybridized carbons (Fsp3) is 0.0714. The molecule has 92 valence electrons. The quantitative estimate of drug-likeness (QED) is 0.663. The highest BCUT2D eigenvalue weighted by molar-refractivity contribution is 6.10. The Morgan fingerprint density at radius 1 is 1.33 bits per heavy atom. The zero-order valence-corrected chi connectivity index (χ0v) is 9.79. The van der Waals surface area contributed by atoms with E-state index < -0.39 is 0 Å². The summed E-state index contributed by atoms with van der Waals surface area (Å²) in [4.78, 5) is 12.0. The van der Waals surface area contributed by atoms with E-state index in [2.05, 4.69) is 0 Å². The van der Waals surface area contributed by atoms with Crippen LogP contribution in [0.3, 0.4) is 0 Å². The van der Waals surface area contributed by atoms with Gasteiger partial charge in [-0.2, -0.15) is 0 Å². The van der Waals surface area contributed by atoms with E-state index >= 15 is 0 Å². The van der Waals surface area contributed by atoms with Gasteiger partial charge in [0.05, 0.1) is 13.4 Å². The van der Waals surface area contributed by atoms with Gasteiger partial charge in [-0.25, -0.2) is 0 Å². The molecule has 0 amide bonds. The second kappa shape index (κ2) is 5.23. The molecule has 0 saturated carbocycles. The Hall–Kier alpha value is -2.49. The van der Waals surface area contributed by atoms with E-state index in [9.17, 15) is 9.90 Å². The van der Waals surface area contributed by atoms with Crippen molar-refractivity contribution in [1.29, 1.82) is 0 Å². The van der Waals surface area contributed by atoms with Crippen molar-refractivity contribution in [3.05, 3.63) is 54.0 Å². The molecule has 4 nitrogen and oxygen atoms in total. The first-order chi connectivity index (χ1) is 8.72. The van der Waals surface area contributed by atoms with Gasteiger partial charge in [0.2, 0.25) is 0 Å². The maximum Gasteiger partial charge on any atom is 0.193 e. The number of carbonyl (C=O) groups excluding carboxylic acids is 1. The van der Waals surface area contributed by atoms with Crippen LogP contribution >= 0.6 is 0 Å². The number of allylic oxidation sites excluding steroid dienone is 1. The minimum absolute atomic E-state index is 0.108. The van der Waals surface area contributed by atoms with Crippen LogP contribution in [0.4, 0.5) is 0 Å². The van der Waals surface area contributed by atoms with Crippen LogP contribution in [0.1, 0.15) is 16.1 Å². The van der Waals surface area contributed by atoms with Crippen LogP contribution in [0.2, 0.25) is 0 Å². The standard InChI is InChI=1S/C14H12O4/c1-17-13-6-2-5-11(15)14(13)12(16)8-7-10-4-3-9-18-10/h2-9,15H,1H3/b8-7+. The average Bonchev–Trinajstić information content (AvgIpc) is 2.88. The third-order valence-electron chi connectivity index (χ3n) is 2.41. The molecule has 0 aliphatic heterocycles. The van der Waals surface area contributed by atoms with Crippen molar-refractivity contribution in [3.63, 3.8) is 0 Å². The first-order valence-corrected chi connectivity index (χ1v) is 5.34. The number of phenols is 1. The molecule has 0 radical (unpaired) electrons. The predicted molar refractivity (Wildman–Crippen MR) is 66.7 cm³/mol. The number of aromatic hydroxyl groups is 1. The van der Waals surface area contributed by atoms with Crippen LogP contribution < -0.4 is 4.74 Å². The predicted octanol–water partition coefficient (Wildman–Crippen LogP) is 2.89. The highest BCUT2D eigenvalue weighted by Gasteiger charge is 2.14. The fourth-order valence-electron chi connectivity index (χ4n) is 1.56. The van der Waals surface area contributed by atoms with Crippen molar-refractivity contribution in [1.82, 2.24) is 0 Å². The van der Waals surface area contributed by atoms with Gasteiger partial charge >= 0.3 is 0 Å². The van der Waals surface area contributed by atoms with Gasteiger partial charge in [-0.15, -0.1) is 0 Å². The molecule has 4 heteroatoms. The van der Waals surface area contributed by atoms with Gasteiger partial charge in [-0.05, 0) is 36.4 Å². The summed E-state index contributed by atoms with van der Waals surface area (Å²) < 4.78 is 10.1. The molecule has 1 N–H and O–H groups in total. The number of furan rings is 1. The molecule has 1 aromatic carbocycles. The molecular weight excluding hydrogens is 232 g/mol. The van der Waals surface area contributed by atoms with Crippen molar-refractivity contribution in [3.8, 4) is 11.5 Å². The smallest absolute Gasteiger partial charge is 0.193 e. The zero-order valence-electron chi connectivity index (χ0n) is 9.79. The van der Waals surface area contributed by atoms with Gasteiger partial charge in [0.25, 0.3) is 0 Å². The monoisotopic (exact) mass is 244 g/mol. The number of rotatable bonds is 4. The Morgan fingerprint density at radius 2 is 2.17 bits per heavy atom. The van der Waals surface area contributed by atoms with Crippen LogP contribution in [0, 0.1) is 0 Å².